The molecule has 0 saturated heterocycles. The van der Waals surface area contributed by atoms with Gasteiger partial charge in [-0.3, -0.25) is 4.79 Å². The molecule has 5 heteroatoms. The highest BCUT2D eigenvalue weighted by atomic mass is 79.9. The zero-order valence-corrected chi connectivity index (χ0v) is 12.5. The van der Waals surface area contributed by atoms with Gasteiger partial charge in [-0.25, -0.2) is 0 Å². The van der Waals surface area contributed by atoms with Crippen LogP contribution in [0.1, 0.15) is 12.0 Å². The first-order chi connectivity index (χ1) is 9.17. The minimum absolute atomic E-state index is 0.0228. The molecule has 102 valence electrons. The van der Waals surface area contributed by atoms with E-state index in [0.717, 1.165) is 10.0 Å². The molecule has 0 aliphatic carbocycles. The van der Waals surface area contributed by atoms with E-state index in [9.17, 15) is 4.79 Å². The molecule has 0 N–H and O–H groups in total. The summed E-state index contributed by atoms with van der Waals surface area (Å²) in [4.78, 5) is 13.8. The Hall–Kier alpha value is -1.38. The van der Waals surface area contributed by atoms with Gasteiger partial charge in [0.15, 0.2) is 0 Å². The second-order valence-corrected chi connectivity index (χ2v) is 5.00. The summed E-state index contributed by atoms with van der Waals surface area (Å²) < 4.78 is 5.98. The Morgan fingerprint density at radius 3 is 2.63 bits per heavy atom. The van der Waals surface area contributed by atoms with Crippen molar-refractivity contribution in [1.82, 2.24) is 4.90 Å². The fourth-order valence-electron chi connectivity index (χ4n) is 1.64. The molecule has 0 aliphatic heterocycles. The SMILES string of the molecule is COCCN(CCC#N)C(=O)Cc1ccc(Br)cc1. The number of nitrogens with zero attached hydrogens (tertiary/aromatic N) is 2. The summed E-state index contributed by atoms with van der Waals surface area (Å²) in [5.74, 6) is 0.0228. The van der Waals surface area contributed by atoms with Gasteiger partial charge in [0.05, 0.1) is 25.5 Å². The molecule has 19 heavy (non-hydrogen) atoms. The molecule has 1 aromatic rings. The van der Waals surface area contributed by atoms with Crippen molar-refractivity contribution in [3.8, 4) is 6.07 Å². The highest BCUT2D eigenvalue weighted by Gasteiger charge is 2.13. The lowest BCUT2D eigenvalue weighted by Gasteiger charge is -2.21. The van der Waals surface area contributed by atoms with Gasteiger partial charge in [-0.2, -0.15) is 5.26 Å². The van der Waals surface area contributed by atoms with Crippen LogP contribution in [0.15, 0.2) is 28.7 Å². The minimum atomic E-state index is 0.0228. The van der Waals surface area contributed by atoms with Crippen LogP contribution in [0.3, 0.4) is 0 Å². The van der Waals surface area contributed by atoms with E-state index in [4.69, 9.17) is 10.00 Å². The molecule has 1 amide bonds. The van der Waals surface area contributed by atoms with Crippen LogP contribution in [0, 0.1) is 11.3 Å². The van der Waals surface area contributed by atoms with Crippen molar-refractivity contribution < 1.29 is 9.53 Å². The van der Waals surface area contributed by atoms with E-state index in [2.05, 4.69) is 22.0 Å². The van der Waals surface area contributed by atoms with E-state index in [1.807, 2.05) is 24.3 Å². The lowest BCUT2D eigenvalue weighted by atomic mass is 10.1. The molecular weight excluding hydrogens is 308 g/mol. The predicted octanol–water partition coefficient (Wildman–Crippen LogP) is 2.38. The highest BCUT2D eigenvalue weighted by Crippen LogP contribution is 2.11. The largest absolute Gasteiger partial charge is 0.383 e. The zero-order valence-electron chi connectivity index (χ0n) is 10.9. The van der Waals surface area contributed by atoms with Gasteiger partial charge in [0.25, 0.3) is 0 Å². The van der Waals surface area contributed by atoms with Crippen LogP contribution in [0.5, 0.6) is 0 Å². The Labute approximate surface area is 122 Å². The fourth-order valence-corrected chi connectivity index (χ4v) is 1.90. The van der Waals surface area contributed by atoms with E-state index in [1.54, 1.807) is 12.0 Å². The average molecular weight is 325 g/mol. The summed E-state index contributed by atoms with van der Waals surface area (Å²) >= 11 is 3.36. The summed E-state index contributed by atoms with van der Waals surface area (Å²) in [6.07, 6.45) is 0.693. The zero-order chi connectivity index (χ0) is 14.1. The molecule has 0 spiro atoms. The molecule has 0 saturated carbocycles. The predicted molar refractivity (Wildman–Crippen MR) is 76.5 cm³/mol. The standard InChI is InChI=1S/C14H17BrN2O2/c1-19-10-9-17(8-2-7-16)14(18)11-12-3-5-13(15)6-4-12/h3-6H,2,8-11H2,1H3. The molecular formula is C14H17BrN2O2. The maximum atomic E-state index is 12.2. The van der Waals surface area contributed by atoms with E-state index >= 15 is 0 Å². The van der Waals surface area contributed by atoms with Crippen molar-refractivity contribution in [3.05, 3.63) is 34.3 Å². The van der Waals surface area contributed by atoms with Gasteiger partial charge in [-0.15, -0.1) is 0 Å². The molecule has 0 fully saturated rings. The molecule has 1 aromatic carbocycles. The Morgan fingerprint density at radius 1 is 1.37 bits per heavy atom. The second kappa shape index (κ2) is 8.68. The smallest absolute Gasteiger partial charge is 0.227 e. The van der Waals surface area contributed by atoms with Crippen LogP contribution >= 0.6 is 15.9 Å². The summed E-state index contributed by atoms with van der Waals surface area (Å²) in [6.45, 7) is 1.46. The van der Waals surface area contributed by atoms with Gasteiger partial charge < -0.3 is 9.64 Å². The lowest BCUT2D eigenvalue weighted by molar-refractivity contribution is -0.131. The number of nitriles is 1. The number of halogens is 1. The van der Waals surface area contributed by atoms with E-state index in [-0.39, 0.29) is 5.91 Å². The third-order valence-corrected chi connectivity index (χ3v) is 3.21. The van der Waals surface area contributed by atoms with Gasteiger partial charge in [-0.05, 0) is 17.7 Å². The van der Waals surface area contributed by atoms with Crippen LogP contribution in [0.25, 0.3) is 0 Å². The van der Waals surface area contributed by atoms with Crippen LogP contribution in [-0.4, -0.2) is 37.6 Å². The highest BCUT2D eigenvalue weighted by molar-refractivity contribution is 9.10. The number of benzene rings is 1. The third-order valence-electron chi connectivity index (χ3n) is 2.68. The van der Waals surface area contributed by atoms with Gasteiger partial charge in [0.1, 0.15) is 0 Å². The Morgan fingerprint density at radius 2 is 2.05 bits per heavy atom. The molecule has 0 radical (unpaired) electrons. The van der Waals surface area contributed by atoms with Crippen LogP contribution in [0.2, 0.25) is 0 Å². The molecule has 0 heterocycles. The number of carbonyl (C=O) groups is 1. The number of amides is 1. The number of rotatable bonds is 7. The van der Waals surface area contributed by atoms with E-state index in [1.165, 1.54) is 0 Å². The van der Waals surface area contributed by atoms with Crippen LogP contribution in [0.4, 0.5) is 0 Å². The summed E-state index contributed by atoms with van der Waals surface area (Å²) in [5, 5.41) is 8.62. The monoisotopic (exact) mass is 324 g/mol. The third kappa shape index (κ3) is 5.86. The normalized spacial score (nSPS) is 9.95. The quantitative estimate of drug-likeness (QED) is 0.773. The number of carbonyl (C=O) groups excluding carboxylic acids is 1. The summed E-state index contributed by atoms with van der Waals surface area (Å²) in [7, 11) is 1.60. The Kier molecular flexibility index (Phi) is 7.16. The van der Waals surface area contributed by atoms with Crippen molar-refractivity contribution in [1.29, 1.82) is 5.26 Å². The number of hydrogen-bond acceptors (Lipinski definition) is 3. The lowest BCUT2D eigenvalue weighted by Crippen LogP contribution is -2.35. The van der Waals surface area contributed by atoms with Gasteiger partial charge >= 0.3 is 0 Å². The first-order valence-electron chi connectivity index (χ1n) is 6.05. The number of hydrogen-bond donors (Lipinski definition) is 0. The maximum Gasteiger partial charge on any atom is 0.227 e. The van der Waals surface area contributed by atoms with Crippen molar-refractivity contribution >= 4 is 21.8 Å². The van der Waals surface area contributed by atoms with Crippen molar-refractivity contribution in [2.24, 2.45) is 0 Å². The molecule has 0 atom stereocenters. The van der Waals surface area contributed by atoms with Crippen molar-refractivity contribution in [3.63, 3.8) is 0 Å². The second-order valence-electron chi connectivity index (χ2n) is 4.08. The maximum absolute atomic E-state index is 12.2. The molecule has 4 nitrogen and oxygen atoms in total. The van der Waals surface area contributed by atoms with Gasteiger partial charge in [0.2, 0.25) is 5.91 Å². The molecule has 0 aliphatic rings. The first kappa shape index (κ1) is 15.7. The van der Waals surface area contributed by atoms with Gasteiger partial charge in [0, 0.05) is 24.7 Å². The molecule has 0 bridgehead atoms. The number of methoxy groups -OCH3 is 1. The average Bonchev–Trinajstić information content (AvgIpc) is 2.41. The number of ether oxygens (including phenoxy) is 1. The van der Waals surface area contributed by atoms with Crippen molar-refractivity contribution in [2.75, 3.05) is 26.8 Å². The van der Waals surface area contributed by atoms with Crippen LogP contribution in [-0.2, 0) is 16.0 Å². The molecule has 0 aromatic heterocycles. The fraction of sp³-hybridized carbons (Fsp3) is 0.429. The summed E-state index contributed by atoms with van der Waals surface area (Å²) in [5.41, 5.74) is 0.965. The van der Waals surface area contributed by atoms with E-state index in [0.29, 0.717) is 32.5 Å². The molecule has 1 rings (SSSR count). The topological polar surface area (TPSA) is 53.3 Å². The van der Waals surface area contributed by atoms with Crippen molar-refractivity contribution in [2.45, 2.75) is 12.8 Å². The first-order valence-corrected chi connectivity index (χ1v) is 6.84. The van der Waals surface area contributed by atoms with Crippen LogP contribution < -0.4 is 0 Å². The Bertz CT molecular complexity index is 440. The van der Waals surface area contributed by atoms with E-state index < -0.39 is 0 Å². The molecule has 0 unspecified atom stereocenters. The Balaban J connectivity index is 2.59. The van der Waals surface area contributed by atoms with Gasteiger partial charge in [-0.1, -0.05) is 28.1 Å². The minimum Gasteiger partial charge on any atom is -0.383 e. The summed E-state index contributed by atoms with van der Waals surface area (Å²) in [6, 6.07) is 9.72.